The van der Waals surface area contributed by atoms with Gasteiger partial charge in [0.25, 0.3) is 5.91 Å². The van der Waals surface area contributed by atoms with Crippen LogP contribution in [0.1, 0.15) is 41.1 Å². The van der Waals surface area contributed by atoms with Gasteiger partial charge in [0.15, 0.2) is 0 Å². The van der Waals surface area contributed by atoms with Crippen molar-refractivity contribution in [2.45, 2.75) is 45.2 Å². The monoisotopic (exact) mass is 333 g/mol. The molecule has 1 aliphatic heterocycles. The van der Waals surface area contributed by atoms with Crippen molar-refractivity contribution in [2.24, 2.45) is 5.73 Å². The number of carbonyl (C=O) groups excluding carboxylic acids is 1. The molecule has 0 aromatic carbocycles. The Labute approximate surface area is 143 Å². The number of methoxy groups -OCH3 is 1. The fraction of sp³-hybridized carbons (Fsp3) is 0.706. The molecule has 2 N–H and O–H groups in total. The minimum absolute atomic E-state index is 0.0950. The number of rotatable bonds is 6. The molecule has 1 aromatic heterocycles. The van der Waals surface area contributed by atoms with Gasteiger partial charge >= 0.3 is 0 Å². The number of carbonyl (C=O) groups is 1. The number of nitrogens with zero attached hydrogens (tertiary/aromatic N) is 4. The van der Waals surface area contributed by atoms with E-state index in [1.165, 1.54) is 0 Å². The smallest absolute Gasteiger partial charge is 0.292 e. The Morgan fingerprint density at radius 3 is 2.67 bits per heavy atom. The molecule has 2 fully saturated rings. The van der Waals surface area contributed by atoms with Crippen molar-refractivity contribution < 1.29 is 9.53 Å². The van der Waals surface area contributed by atoms with E-state index in [-0.39, 0.29) is 17.8 Å². The average molecular weight is 333 g/mol. The van der Waals surface area contributed by atoms with Crippen molar-refractivity contribution in [1.29, 1.82) is 0 Å². The van der Waals surface area contributed by atoms with E-state index in [9.17, 15) is 4.79 Å². The van der Waals surface area contributed by atoms with E-state index in [1.54, 1.807) is 7.11 Å². The van der Waals surface area contributed by atoms with Crippen molar-refractivity contribution in [3.8, 4) is 0 Å². The lowest BCUT2D eigenvalue weighted by Gasteiger charge is -2.24. The number of hydrogen-bond acceptors (Lipinski definition) is 6. The first-order valence-corrected chi connectivity index (χ1v) is 8.67. The average Bonchev–Trinajstić information content (AvgIpc) is 3.31. The van der Waals surface area contributed by atoms with Crippen LogP contribution >= 0.6 is 0 Å². The van der Waals surface area contributed by atoms with Crippen molar-refractivity contribution in [1.82, 2.24) is 14.9 Å². The predicted molar refractivity (Wildman–Crippen MR) is 92.2 cm³/mol. The lowest BCUT2D eigenvalue weighted by atomic mass is 10.2. The van der Waals surface area contributed by atoms with Crippen LogP contribution in [-0.4, -0.2) is 66.2 Å². The first kappa shape index (κ1) is 17.1. The highest BCUT2D eigenvalue weighted by Crippen LogP contribution is 2.29. The molecular formula is C17H27N5O2. The maximum absolute atomic E-state index is 12.9. The highest BCUT2D eigenvalue weighted by Gasteiger charge is 2.34. The largest absolute Gasteiger partial charge is 0.383 e. The maximum atomic E-state index is 12.9. The van der Waals surface area contributed by atoms with E-state index in [2.05, 4.69) is 14.9 Å². The number of aryl methyl sites for hydroxylation is 1. The number of hydrogen-bond donors (Lipinski definition) is 1. The third-order valence-electron chi connectivity index (χ3n) is 4.86. The fourth-order valence-corrected chi connectivity index (χ4v) is 3.15. The van der Waals surface area contributed by atoms with Crippen molar-refractivity contribution >= 4 is 11.7 Å². The number of ether oxygens (including phenoxy) is 1. The Kier molecular flexibility index (Phi) is 5.01. The van der Waals surface area contributed by atoms with Crippen molar-refractivity contribution in [3.63, 3.8) is 0 Å². The van der Waals surface area contributed by atoms with Crippen LogP contribution in [0.2, 0.25) is 0 Å². The molecule has 132 valence electrons. The first-order valence-electron chi connectivity index (χ1n) is 8.67. The lowest BCUT2D eigenvalue weighted by molar-refractivity contribution is 0.0668. The minimum atomic E-state index is -0.0950. The Bertz CT molecular complexity index is 617. The first-order chi connectivity index (χ1) is 11.5. The molecule has 3 rings (SSSR count). The third-order valence-corrected chi connectivity index (χ3v) is 4.86. The summed E-state index contributed by atoms with van der Waals surface area (Å²) in [6, 6.07) is 0.477. The van der Waals surface area contributed by atoms with Gasteiger partial charge in [0, 0.05) is 50.1 Å². The zero-order chi connectivity index (χ0) is 17.3. The Balaban J connectivity index is 1.86. The van der Waals surface area contributed by atoms with Crippen LogP contribution in [0.4, 0.5) is 5.82 Å². The molecule has 2 aliphatic rings. The molecule has 2 heterocycles. The summed E-state index contributed by atoms with van der Waals surface area (Å²) in [4.78, 5) is 26.0. The minimum Gasteiger partial charge on any atom is -0.383 e. The quantitative estimate of drug-likeness (QED) is 0.832. The summed E-state index contributed by atoms with van der Waals surface area (Å²) in [7, 11) is 1.65. The second-order valence-electron chi connectivity index (χ2n) is 6.80. The van der Waals surface area contributed by atoms with E-state index in [0.717, 1.165) is 49.4 Å². The van der Waals surface area contributed by atoms with Gasteiger partial charge in [-0.25, -0.2) is 9.97 Å². The molecule has 7 nitrogen and oxygen atoms in total. The molecule has 1 aliphatic carbocycles. The van der Waals surface area contributed by atoms with E-state index in [1.807, 2.05) is 18.7 Å². The van der Waals surface area contributed by atoms with Gasteiger partial charge in [-0.3, -0.25) is 4.79 Å². The highest BCUT2D eigenvalue weighted by molar-refractivity contribution is 5.91. The van der Waals surface area contributed by atoms with Gasteiger partial charge < -0.3 is 20.3 Å². The van der Waals surface area contributed by atoms with Crippen molar-refractivity contribution in [3.05, 3.63) is 17.1 Å². The summed E-state index contributed by atoms with van der Waals surface area (Å²) in [5.74, 6) is 1.04. The second kappa shape index (κ2) is 7.03. The molecule has 1 saturated carbocycles. The van der Waals surface area contributed by atoms with Gasteiger partial charge in [-0.1, -0.05) is 0 Å². The third kappa shape index (κ3) is 3.52. The van der Waals surface area contributed by atoms with Crippen LogP contribution in [0.15, 0.2) is 0 Å². The van der Waals surface area contributed by atoms with E-state index < -0.39 is 0 Å². The molecule has 1 amide bonds. The Morgan fingerprint density at radius 1 is 1.33 bits per heavy atom. The van der Waals surface area contributed by atoms with Crippen LogP contribution in [0.5, 0.6) is 0 Å². The molecule has 1 atom stereocenters. The predicted octanol–water partition coefficient (Wildman–Crippen LogP) is 0.882. The van der Waals surface area contributed by atoms with E-state index in [0.29, 0.717) is 19.2 Å². The van der Waals surface area contributed by atoms with Gasteiger partial charge in [-0.05, 0) is 33.1 Å². The number of amides is 1. The normalized spacial score (nSPS) is 20.5. The summed E-state index contributed by atoms with van der Waals surface area (Å²) in [6.07, 6.45) is 3.05. The SMILES string of the molecule is COCCN(C(=O)c1nc(C)c(C)c(N2CC[C@@H](N)C2)n1)C1CC1. The molecule has 1 aromatic rings. The topological polar surface area (TPSA) is 84.6 Å². The number of aromatic nitrogens is 2. The van der Waals surface area contributed by atoms with Crippen LogP contribution in [0.25, 0.3) is 0 Å². The van der Waals surface area contributed by atoms with Gasteiger partial charge in [0.1, 0.15) is 5.82 Å². The second-order valence-corrected chi connectivity index (χ2v) is 6.80. The van der Waals surface area contributed by atoms with Crippen molar-refractivity contribution in [2.75, 3.05) is 38.3 Å². The Hall–Kier alpha value is -1.73. The van der Waals surface area contributed by atoms with Gasteiger partial charge in [-0.15, -0.1) is 0 Å². The Morgan fingerprint density at radius 2 is 2.08 bits per heavy atom. The molecule has 0 spiro atoms. The van der Waals surface area contributed by atoms with Gasteiger partial charge in [0.2, 0.25) is 5.82 Å². The number of nitrogens with two attached hydrogens (primary N) is 1. The summed E-state index contributed by atoms with van der Waals surface area (Å²) in [5, 5.41) is 0. The molecule has 24 heavy (non-hydrogen) atoms. The summed E-state index contributed by atoms with van der Waals surface area (Å²) in [5.41, 5.74) is 7.90. The van der Waals surface area contributed by atoms with Gasteiger partial charge in [0.05, 0.1) is 6.61 Å². The maximum Gasteiger partial charge on any atom is 0.292 e. The van der Waals surface area contributed by atoms with Gasteiger partial charge in [-0.2, -0.15) is 0 Å². The number of anilines is 1. The standard InChI is InChI=1S/C17H27N5O2/c1-11-12(2)19-15(20-16(11)21-7-6-13(18)10-21)17(23)22(8-9-24-3)14-4-5-14/h13-14H,4-10,18H2,1-3H3/t13-/m1/s1. The molecule has 7 heteroatoms. The van der Waals surface area contributed by atoms with E-state index >= 15 is 0 Å². The molecule has 1 saturated heterocycles. The lowest BCUT2D eigenvalue weighted by Crippen LogP contribution is -2.37. The highest BCUT2D eigenvalue weighted by atomic mass is 16.5. The van der Waals surface area contributed by atoms with E-state index in [4.69, 9.17) is 10.5 Å². The van der Waals surface area contributed by atoms with Crippen LogP contribution in [-0.2, 0) is 4.74 Å². The zero-order valence-corrected chi connectivity index (χ0v) is 14.8. The van der Waals surface area contributed by atoms with Crippen LogP contribution in [0, 0.1) is 13.8 Å². The summed E-state index contributed by atoms with van der Waals surface area (Å²) >= 11 is 0. The summed E-state index contributed by atoms with van der Waals surface area (Å²) in [6.45, 7) is 6.71. The molecule has 0 unspecified atom stereocenters. The summed E-state index contributed by atoms with van der Waals surface area (Å²) < 4.78 is 5.14. The fourth-order valence-electron chi connectivity index (χ4n) is 3.15. The van der Waals surface area contributed by atoms with Crippen LogP contribution in [0.3, 0.4) is 0 Å². The molecule has 0 radical (unpaired) electrons. The zero-order valence-electron chi connectivity index (χ0n) is 14.8. The molecule has 0 bridgehead atoms. The molecular weight excluding hydrogens is 306 g/mol. The van der Waals surface area contributed by atoms with Crippen LogP contribution < -0.4 is 10.6 Å².